The molecule has 0 radical (unpaired) electrons. The van der Waals surface area contributed by atoms with Gasteiger partial charge in [0.25, 0.3) is 0 Å². The Morgan fingerprint density at radius 2 is 2.31 bits per heavy atom. The molecule has 0 bridgehead atoms. The number of nitrogens with zero attached hydrogens (tertiary/aromatic N) is 1. The Morgan fingerprint density at radius 1 is 1.69 bits per heavy atom. The van der Waals surface area contributed by atoms with Crippen LogP contribution in [0, 0.1) is 18.3 Å². The van der Waals surface area contributed by atoms with Gasteiger partial charge in [-0.25, -0.2) is 0 Å². The standard InChI is InChI=1S/C10H17NO2/c1-4-6-7-11(5-2)8-9(3)10(12)13/h1,9H,5-8H2,2-3H3,(H,12,13). The quantitative estimate of drug-likeness (QED) is 0.626. The molecule has 3 heteroatoms. The number of terminal acetylenes is 1. The van der Waals surface area contributed by atoms with Crippen LogP contribution in [-0.2, 0) is 4.79 Å². The van der Waals surface area contributed by atoms with Crippen LogP contribution in [-0.4, -0.2) is 35.6 Å². The van der Waals surface area contributed by atoms with E-state index in [4.69, 9.17) is 11.5 Å². The summed E-state index contributed by atoms with van der Waals surface area (Å²) in [6.45, 7) is 5.92. The van der Waals surface area contributed by atoms with Gasteiger partial charge in [0.15, 0.2) is 0 Å². The zero-order valence-electron chi connectivity index (χ0n) is 8.29. The van der Waals surface area contributed by atoms with Crippen LogP contribution >= 0.6 is 0 Å². The molecule has 0 saturated carbocycles. The molecule has 1 unspecified atom stereocenters. The lowest BCUT2D eigenvalue weighted by Gasteiger charge is -2.21. The average Bonchev–Trinajstić information content (AvgIpc) is 2.11. The highest BCUT2D eigenvalue weighted by molar-refractivity contribution is 5.69. The van der Waals surface area contributed by atoms with Crippen molar-refractivity contribution in [3.05, 3.63) is 0 Å². The van der Waals surface area contributed by atoms with Gasteiger partial charge in [-0.15, -0.1) is 12.3 Å². The second-order valence-corrected chi connectivity index (χ2v) is 3.09. The Balaban J connectivity index is 3.84. The van der Waals surface area contributed by atoms with Gasteiger partial charge in [-0.05, 0) is 6.54 Å². The van der Waals surface area contributed by atoms with E-state index < -0.39 is 5.97 Å². The van der Waals surface area contributed by atoms with Crippen LogP contribution < -0.4 is 0 Å². The highest BCUT2D eigenvalue weighted by Gasteiger charge is 2.14. The van der Waals surface area contributed by atoms with Crippen molar-refractivity contribution in [2.24, 2.45) is 5.92 Å². The first-order valence-electron chi connectivity index (χ1n) is 4.50. The van der Waals surface area contributed by atoms with E-state index in [1.54, 1.807) is 6.92 Å². The summed E-state index contributed by atoms with van der Waals surface area (Å²) < 4.78 is 0. The predicted molar refractivity (Wildman–Crippen MR) is 52.4 cm³/mol. The molecule has 0 heterocycles. The SMILES string of the molecule is C#CCCN(CC)CC(C)C(=O)O. The number of hydrogen-bond donors (Lipinski definition) is 1. The first-order valence-corrected chi connectivity index (χ1v) is 4.50. The van der Waals surface area contributed by atoms with Crippen molar-refractivity contribution in [1.29, 1.82) is 0 Å². The summed E-state index contributed by atoms with van der Waals surface area (Å²) in [4.78, 5) is 12.6. The molecule has 0 aliphatic heterocycles. The molecule has 0 amide bonds. The van der Waals surface area contributed by atoms with Gasteiger partial charge in [0, 0.05) is 19.5 Å². The van der Waals surface area contributed by atoms with Gasteiger partial charge in [0.2, 0.25) is 0 Å². The summed E-state index contributed by atoms with van der Waals surface area (Å²) in [6, 6.07) is 0. The lowest BCUT2D eigenvalue weighted by atomic mass is 10.1. The molecule has 1 atom stereocenters. The molecule has 0 aliphatic carbocycles. The van der Waals surface area contributed by atoms with Crippen LogP contribution in [0.2, 0.25) is 0 Å². The summed E-state index contributed by atoms with van der Waals surface area (Å²) in [7, 11) is 0. The Hall–Kier alpha value is -1.01. The molecule has 0 aromatic rings. The largest absolute Gasteiger partial charge is 0.481 e. The van der Waals surface area contributed by atoms with Crippen molar-refractivity contribution >= 4 is 5.97 Å². The molecular weight excluding hydrogens is 166 g/mol. The topological polar surface area (TPSA) is 40.5 Å². The van der Waals surface area contributed by atoms with Crippen LogP contribution in [0.25, 0.3) is 0 Å². The van der Waals surface area contributed by atoms with Crippen molar-refractivity contribution in [1.82, 2.24) is 4.90 Å². The molecule has 0 fully saturated rings. The van der Waals surface area contributed by atoms with Gasteiger partial charge in [-0.3, -0.25) is 4.79 Å². The minimum Gasteiger partial charge on any atom is -0.481 e. The second-order valence-electron chi connectivity index (χ2n) is 3.09. The van der Waals surface area contributed by atoms with Gasteiger partial charge in [-0.1, -0.05) is 13.8 Å². The lowest BCUT2D eigenvalue weighted by molar-refractivity contribution is -0.141. The van der Waals surface area contributed by atoms with E-state index in [9.17, 15) is 4.79 Å². The van der Waals surface area contributed by atoms with Gasteiger partial charge in [-0.2, -0.15) is 0 Å². The minimum absolute atomic E-state index is 0.322. The monoisotopic (exact) mass is 183 g/mol. The Kier molecular flexibility index (Phi) is 5.99. The van der Waals surface area contributed by atoms with E-state index in [2.05, 4.69) is 10.8 Å². The van der Waals surface area contributed by atoms with E-state index in [-0.39, 0.29) is 5.92 Å². The molecule has 0 rings (SSSR count). The van der Waals surface area contributed by atoms with Crippen LogP contribution in [0.4, 0.5) is 0 Å². The van der Waals surface area contributed by atoms with E-state index in [1.807, 2.05) is 6.92 Å². The summed E-state index contributed by atoms with van der Waals surface area (Å²) in [6.07, 6.45) is 5.81. The van der Waals surface area contributed by atoms with Crippen molar-refractivity contribution in [3.8, 4) is 12.3 Å². The molecule has 74 valence electrons. The van der Waals surface area contributed by atoms with Crippen LogP contribution in [0.15, 0.2) is 0 Å². The minimum atomic E-state index is -0.751. The third kappa shape index (κ3) is 5.26. The van der Waals surface area contributed by atoms with Crippen molar-refractivity contribution in [3.63, 3.8) is 0 Å². The Labute approximate surface area is 79.7 Å². The second kappa shape index (κ2) is 6.50. The summed E-state index contributed by atoms with van der Waals surface area (Å²) in [5.74, 6) is 1.47. The van der Waals surface area contributed by atoms with Gasteiger partial charge >= 0.3 is 5.97 Å². The average molecular weight is 183 g/mol. The number of carboxylic acids is 1. The summed E-state index contributed by atoms with van der Waals surface area (Å²) in [5.41, 5.74) is 0. The zero-order valence-corrected chi connectivity index (χ0v) is 8.29. The molecule has 13 heavy (non-hydrogen) atoms. The fourth-order valence-corrected chi connectivity index (χ4v) is 1.07. The third-order valence-electron chi connectivity index (χ3n) is 1.97. The zero-order chi connectivity index (χ0) is 10.3. The highest BCUT2D eigenvalue weighted by Crippen LogP contribution is 2.00. The first kappa shape index (κ1) is 12.0. The molecule has 0 aliphatic rings. The maximum Gasteiger partial charge on any atom is 0.307 e. The van der Waals surface area contributed by atoms with Gasteiger partial charge in [0.1, 0.15) is 0 Å². The molecule has 3 nitrogen and oxygen atoms in total. The number of carbonyl (C=O) groups is 1. The molecule has 0 saturated heterocycles. The number of carboxylic acid groups (broad SMARTS) is 1. The van der Waals surface area contributed by atoms with E-state index in [0.29, 0.717) is 13.0 Å². The number of hydrogen-bond acceptors (Lipinski definition) is 2. The van der Waals surface area contributed by atoms with Crippen molar-refractivity contribution in [2.45, 2.75) is 20.3 Å². The number of rotatable bonds is 6. The third-order valence-corrected chi connectivity index (χ3v) is 1.97. The normalized spacial score (nSPS) is 12.5. The predicted octanol–water partition coefficient (Wildman–Crippen LogP) is 1.05. The fourth-order valence-electron chi connectivity index (χ4n) is 1.07. The number of aliphatic carboxylic acids is 1. The molecule has 0 spiro atoms. The maximum absolute atomic E-state index is 10.6. The molecule has 0 aromatic heterocycles. The highest BCUT2D eigenvalue weighted by atomic mass is 16.4. The lowest BCUT2D eigenvalue weighted by Crippen LogP contribution is -2.32. The smallest absolute Gasteiger partial charge is 0.307 e. The van der Waals surface area contributed by atoms with Crippen LogP contribution in [0.1, 0.15) is 20.3 Å². The van der Waals surface area contributed by atoms with Crippen molar-refractivity contribution in [2.75, 3.05) is 19.6 Å². The first-order chi connectivity index (χ1) is 6.11. The summed E-state index contributed by atoms with van der Waals surface area (Å²) in [5, 5.41) is 8.68. The summed E-state index contributed by atoms with van der Waals surface area (Å²) >= 11 is 0. The van der Waals surface area contributed by atoms with Crippen molar-refractivity contribution < 1.29 is 9.90 Å². The Morgan fingerprint density at radius 3 is 2.69 bits per heavy atom. The van der Waals surface area contributed by atoms with Crippen LogP contribution in [0.3, 0.4) is 0 Å². The van der Waals surface area contributed by atoms with Gasteiger partial charge < -0.3 is 10.0 Å². The van der Waals surface area contributed by atoms with Crippen LogP contribution in [0.5, 0.6) is 0 Å². The van der Waals surface area contributed by atoms with Gasteiger partial charge in [0.05, 0.1) is 5.92 Å². The fraction of sp³-hybridized carbons (Fsp3) is 0.700. The van der Waals surface area contributed by atoms with E-state index >= 15 is 0 Å². The molecule has 1 N–H and O–H groups in total. The van der Waals surface area contributed by atoms with E-state index in [1.165, 1.54) is 0 Å². The Bertz CT molecular complexity index is 196. The maximum atomic E-state index is 10.6. The molecule has 0 aromatic carbocycles. The molecular formula is C10H17NO2. The van der Waals surface area contributed by atoms with E-state index in [0.717, 1.165) is 13.1 Å².